The summed E-state index contributed by atoms with van der Waals surface area (Å²) < 4.78 is 0. The molecule has 1 aliphatic rings. The molecule has 2 nitrogen and oxygen atoms in total. The van der Waals surface area contributed by atoms with Crippen molar-refractivity contribution in [2.45, 2.75) is 26.4 Å². The van der Waals surface area contributed by atoms with E-state index < -0.39 is 0 Å². The van der Waals surface area contributed by atoms with Gasteiger partial charge in [-0.3, -0.25) is 4.90 Å². The van der Waals surface area contributed by atoms with E-state index in [9.17, 15) is 0 Å². The van der Waals surface area contributed by atoms with Crippen LogP contribution in [-0.4, -0.2) is 16.4 Å². The van der Waals surface area contributed by atoms with Crippen LogP contribution >= 0.6 is 36.4 Å². The van der Waals surface area contributed by atoms with Crippen LogP contribution in [-0.2, 0) is 19.5 Å². The number of halogens is 3. The zero-order valence-corrected chi connectivity index (χ0v) is 14.3. The molecular weight excluding hydrogens is 327 g/mol. The van der Waals surface area contributed by atoms with E-state index in [1.54, 1.807) is 0 Å². The van der Waals surface area contributed by atoms with E-state index in [0.29, 0.717) is 5.15 Å². The first-order valence-electron chi connectivity index (χ1n) is 6.63. The van der Waals surface area contributed by atoms with Gasteiger partial charge in [0.05, 0.1) is 0 Å². The molecule has 0 aliphatic carbocycles. The number of aromatic nitrogens is 1. The number of aryl methyl sites for hydroxylation is 1. The zero-order valence-electron chi connectivity index (χ0n) is 11.9. The molecule has 0 unspecified atom stereocenters. The number of rotatable bonds is 2. The van der Waals surface area contributed by atoms with Gasteiger partial charge in [-0.05, 0) is 29.7 Å². The number of pyridine rings is 1. The van der Waals surface area contributed by atoms with Crippen molar-refractivity contribution in [1.82, 2.24) is 9.88 Å². The Hall–Kier alpha value is -0.800. The average Bonchev–Trinajstić information content (AvgIpc) is 2.40. The van der Waals surface area contributed by atoms with Gasteiger partial charge in [-0.2, -0.15) is 0 Å². The fourth-order valence-electron chi connectivity index (χ4n) is 2.69. The summed E-state index contributed by atoms with van der Waals surface area (Å²) in [6.45, 7) is 5.15. The Morgan fingerprint density at radius 3 is 2.62 bits per heavy atom. The first-order valence-corrected chi connectivity index (χ1v) is 7.01. The van der Waals surface area contributed by atoms with Crippen LogP contribution in [0.1, 0.15) is 22.4 Å². The summed E-state index contributed by atoms with van der Waals surface area (Å²) in [6.07, 6.45) is 0.990. The molecule has 0 saturated carbocycles. The number of hydrogen-bond acceptors (Lipinski definition) is 2. The second kappa shape index (κ2) is 8.00. The molecule has 2 heterocycles. The third-order valence-electron chi connectivity index (χ3n) is 3.70. The van der Waals surface area contributed by atoms with Gasteiger partial charge in [-0.15, -0.1) is 24.8 Å². The van der Waals surface area contributed by atoms with Gasteiger partial charge in [0.15, 0.2) is 0 Å². The Labute approximate surface area is 143 Å². The molecule has 114 valence electrons. The molecule has 0 radical (unpaired) electrons. The first kappa shape index (κ1) is 18.2. The third kappa shape index (κ3) is 4.33. The van der Waals surface area contributed by atoms with Crippen LogP contribution in [0.4, 0.5) is 0 Å². The molecule has 5 heteroatoms. The van der Waals surface area contributed by atoms with Crippen molar-refractivity contribution in [3.05, 3.63) is 63.9 Å². The predicted octanol–water partition coefficient (Wildman–Crippen LogP) is 4.45. The summed E-state index contributed by atoms with van der Waals surface area (Å²) in [6, 6.07) is 12.6. The van der Waals surface area contributed by atoms with Gasteiger partial charge >= 0.3 is 0 Å². The highest BCUT2D eigenvalue weighted by atomic mass is 35.5. The summed E-state index contributed by atoms with van der Waals surface area (Å²) in [5.74, 6) is 0. The van der Waals surface area contributed by atoms with Crippen molar-refractivity contribution in [3.8, 4) is 0 Å². The maximum absolute atomic E-state index is 6.02. The van der Waals surface area contributed by atoms with E-state index in [-0.39, 0.29) is 24.8 Å². The van der Waals surface area contributed by atoms with E-state index in [1.165, 1.54) is 22.4 Å². The smallest absolute Gasteiger partial charge is 0.129 e. The second-order valence-corrected chi connectivity index (χ2v) is 5.52. The minimum atomic E-state index is 0. The number of benzene rings is 1. The Balaban J connectivity index is 0.00000110. The maximum atomic E-state index is 6.02. The molecule has 0 N–H and O–H groups in total. The molecule has 0 atom stereocenters. The standard InChI is InChI=1S/C16H17ClN2.2ClH/c1-12-9-16(17)18-15-7-8-19(11-14(12)15)10-13-5-3-2-4-6-13;;/h2-6,9H,7-8,10-11H2,1H3;2*1H. The molecule has 0 spiro atoms. The zero-order chi connectivity index (χ0) is 13.2. The van der Waals surface area contributed by atoms with Crippen LogP contribution in [0.25, 0.3) is 0 Å². The highest BCUT2D eigenvalue weighted by molar-refractivity contribution is 6.29. The summed E-state index contributed by atoms with van der Waals surface area (Å²) >= 11 is 6.02. The number of nitrogens with zero attached hydrogens (tertiary/aromatic N) is 2. The monoisotopic (exact) mass is 344 g/mol. The molecule has 0 fully saturated rings. The first-order chi connectivity index (χ1) is 9.22. The van der Waals surface area contributed by atoms with E-state index in [1.807, 2.05) is 6.07 Å². The Morgan fingerprint density at radius 2 is 1.90 bits per heavy atom. The van der Waals surface area contributed by atoms with E-state index in [2.05, 4.69) is 47.1 Å². The summed E-state index contributed by atoms with van der Waals surface area (Å²) in [7, 11) is 0. The average molecular weight is 346 g/mol. The molecule has 1 aliphatic heterocycles. The van der Waals surface area contributed by atoms with Crippen LogP contribution < -0.4 is 0 Å². The SMILES string of the molecule is Cc1cc(Cl)nc2c1CN(Cc1ccccc1)CC2.Cl.Cl. The molecule has 2 aromatic rings. The molecular formula is C16H19Cl3N2. The molecule has 1 aromatic carbocycles. The topological polar surface area (TPSA) is 16.1 Å². The minimum absolute atomic E-state index is 0. The molecule has 1 aromatic heterocycles. The van der Waals surface area contributed by atoms with Gasteiger partial charge in [0, 0.05) is 31.7 Å². The van der Waals surface area contributed by atoms with E-state index in [4.69, 9.17) is 11.6 Å². The van der Waals surface area contributed by atoms with Gasteiger partial charge in [-0.1, -0.05) is 41.9 Å². The van der Waals surface area contributed by atoms with E-state index >= 15 is 0 Å². The van der Waals surface area contributed by atoms with Gasteiger partial charge in [-0.25, -0.2) is 4.98 Å². The van der Waals surface area contributed by atoms with Crippen molar-refractivity contribution < 1.29 is 0 Å². The van der Waals surface area contributed by atoms with Crippen molar-refractivity contribution >= 4 is 36.4 Å². The predicted molar refractivity (Wildman–Crippen MR) is 92.7 cm³/mol. The lowest BCUT2D eigenvalue weighted by Crippen LogP contribution is -2.31. The lowest BCUT2D eigenvalue weighted by atomic mass is 10.0. The van der Waals surface area contributed by atoms with Crippen LogP contribution in [0.15, 0.2) is 36.4 Å². The lowest BCUT2D eigenvalue weighted by Gasteiger charge is -2.29. The molecule has 21 heavy (non-hydrogen) atoms. The molecule has 0 saturated heterocycles. The minimum Gasteiger partial charge on any atom is -0.294 e. The molecule has 0 bridgehead atoms. The summed E-state index contributed by atoms with van der Waals surface area (Å²) in [4.78, 5) is 6.93. The van der Waals surface area contributed by atoms with Crippen molar-refractivity contribution in [1.29, 1.82) is 0 Å². The van der Waals surface area contributed by atoms with Gasteiger partial charge < -0.3 is 0 Å². The Morgan fingerprint density at radius 1 is 1.19 bits per heavy atom. The van der Waals surface area contributed by atoms with Crippen LogP contribution in [0.3, 0.4) is 0 Å². The van der Waals surface area contributed by atoms with Crippen molar-refractivity contribution in [2.75, 3.05) is 6.54 Å². The second-order valence-electron chi connectivity index (χ2n) is 5.13. The summed E-state index contributed by atoms with van der Waals surface area (Å²) in [5, 5.41) is 0.618. The fraction of sp³-hybridized carbons (Fsp3) is 0.312. The van der Waals surface area contributed by atoms with Crippen LogP contribution in [0, 0.1) is 6.92 Å². The number of hydrogen-bond donors (Lipinski definition) is 0. The fourth-order valence-corrected chi connectivity index (χ4v) is 2.95. The van der Waals surface area contributed by atoms with Gasteiger partial charge in [0.2, 0.25) is 0 Å². The Kier molecular flexibility index (Phi) is 6.95. The van der Waals surface area contributed by atoms with Crippen LogP contribution in [0.2, 0.25) is 5.15 Å². The van der Waals surface area contributed by atoms with Crippen LogP contribution in [0.5, 0.6) is 0 Å². The molecule has 0 amide bonds. The highest BCUT2D eigenvalue weighted by Crippen LogP contribution is 2.24. The van der Waals surface area contributed by atoms with Crippen molar-refractivity contribution in [2.24, 2.45) is 0 Å². The quantitative estimate of drug-likeness (QED) is 0.748. The van der Waals surface area contributed by atoms with Gasteiger partial charge in [0.1, 0.15) is 5.15 Å². The summed E-state index contributed by atoms with van der Waals surface area (Å²) in [5.41, 5.74) is 5.15. The highest BCUT2D eigenvalue weighted by Gasteiger charge is 2.19. The van der Waals surface area contributed by atoms with Gasteiger partial charge in [0.25, 0.3) is 0 Å². The lowest BCUT2D eigenvalue weighted by molar-refractivity contribution is 0.243. The maximum Gasteiger partial charge on any atom is 0.129 e. The molecule has 3 rings (SSSR count). The third-order valence-corrected chi connectivity index (χ3v) is 3.89. The van der Waals surface area contributed by atoms with E-state index in [0.717, 1.165) is 26.1 Å². The Bertz CT molecular complexity index is 588. The number of fused-ring (bicyclic) bond motifs is 1. The normalized spacial score (nSPS) is 13.8. The largest absolute Gasteiger partial charge is 0.294 e. The van der Waals surface area contributed by atoms with Crippen molar-refractivity contribution in [3.63, 3.8) is 0 Å².